The van der Waals surface area contributed by atoms with E-state index in [2.05, 4.69) is 12.6 Å². The van der Waals surface area contributed by atoms with Crippen LogP contribution in [0.3, 0.4) is 0 Å². The van der Waals surface area contributed by atoms with E-state index in [4.69, 9.17) is 0 Å². The van der Waals surface area contributed by atoms with Crippen LogP contribution in [0.15, 0.2) is 79.4 Å². The van der Waals surface area contributed by atoms with Gasteiger partial charge < -0.3 is 5.11 Å². The van der Waals surface area contributed by atoms with Crippen LogP contribution in [0.1, 0.15) is 22.3 Å². The number of Topliss-reactive ketones (excluding diaryl/α,β-unsaturated/α-hetero) is 1. The fourth-order valence-corrected chi connectivity index (χ4v) is 2.65. The summed E-state index contributed by atoms with van der Waals surface area (Å²) < 4.78 is 0. The first-order valence-electron chi connectivity index (χ1n) is 7.59. The van der Waals surface area contributed by atoms with E-state index in [-0.39, 0.29) is 12.2 Å². The summed E-state index contributed by atoms with van der Waals surface area (Å²) in [5.41, 5.74) is 2.22. The van der Waals surface area contributed by atoms with Gasteiger partial charge in [-0.25, -0.2) is 0 Å². The highest BCUT2D eigenvalue weighted by molar-refractivity contribution is 6.00. The van der Waals surface area contributed by atoms with Gasteiger partial charge in [-0.05, 0) is 28.0 Å². The second-order valence-corrected chi connectivity index (χ2v) is 5.62. The van der Waals surface area contributed by atoms with Crippen molar-refractivity contribution in [3.8, 4) is 0 Å². The maximum Gasteiger partial charge on any atom is 0.191 e. The summed E-state index contributed by atoms with van der Waals surface area (Å²) in [4.78, 5) is 12.2. The zero-order valence-corrected chi connectivity index (χ0v) is 12.8. The molecular formula is C21H18O2. The van der Waals surface area contributed by atoms with Gasteiger partial charge in [-0.3, -0.25) is 4.79 Å². The molecule has 3 aromatic rings. The number of hydrogen-bond donors (Lipinski definition) is 1. The zero-order valence-electron chi connectivity index (χ0n) is 12.8. The number of rotatable bonds is 5. The molecule has 3 rings (SSSR count). The summed E-state index contributed by atoms with van der Waals surface area (Å²) in [6.45, 7) is 4.04. The van der Waals surface area contributed by atoms with Gasteiger partial charge in [-0.2, -0.15) is 0 Å². The van der Waals surface area contributed by atoms with Gasteiger partial charge in [-0.15, -0.1) is 0 Å². The number of carbonyl (C=O) groups is 1. The molecule has 0 bridgehead atoms. The lowest BCUT2D eigenvalue weighted by Crippen LogP contribution is -2.20. The number of carbonyl (C=O) groups excluding carboxylic acids is 1. The van der Waals surface area contributed by atoms with Crippen molar-refractivity contribution in [1.82, 2.24) is 0 Å². The lowest BCUT2D eigenvalue weighted by Gasteiger charge is -2.12. The van der Waals surface area contributed by atoms with Crippen LogP contribution in [0.2, 0.25) is 0 Å². The second kappa shape index (κ2) is 6.59. The molecule has 0 saturated carbocycles. The maximum atomic E-state index is 12.2. The van der Waals surface area contributed by atoms with Crippen molar-refractivity contribution in [3.05, 3.63) is 90.5 Å². The largest absolute Gasteiger partial charge is 0.385 e. The monoisotopic (exact) mass is 302 g/mol. The molecule has 0 radical (unpaired) electrons. The number of benzene rings is 3. The molecule has 1 N–H and O–H groups in total. The molecule has 0 fully saturated rings. The summed E-state index contributed by atoms with van der Waals surface area (Å²) in [6.07, 6.45) is -0.845. The van der Waals surface area contributed by atoms with Crippen LogP contribution in [0.25, 0.3) is 16.3 Å². The molecule has 0 aliphatic carbocycles. The highest BCUT2D eigenvalue weighted by Gasteiger charge is 2.18. The summed E-state index contributed by atoms with van der Waals surface area (Å²) in [7, 11) is 0. The minimum Gasteiger partial charge on any atom is -0.385 e. The molecule has 2 heteroatoms. The third-order valence-corrected chi connectivity index (χ3v) is 3.96. The molecule has 1 unspecified atom stereocenters. The highest BCUT2D eigenvalue weighted by Crippen LogP contribution is 2.24. The van der Waals surface area contributed by atoms with Crippen LogP contribution >= 0.6 is 0 Å². The third-order valence-electron chi connectivity index (χ3n) is 3.96. The molecule has 2 nitrogen and oxygen atoms in total. The molecular weight excluding hydrogens is 284 g/mol. The van der Waals surface area contributed by atoms with Gasteiger partial charge in [0.25, 0.3) is 0 Å². The molecule has 0 saturated heterocycles. The van der Waals surface area contributed by atoms with Crippen LogP contribution in [-0.2, 0) is 0 Å². The van der Waals surface area contributed by atoms with Crippen LogP contribution in [0.5, 0.6) is 0 Å². The fourth-order valence-electron chi connectivity index (χ4n) is 2.65. The van der Waals surface area contributed by atoms with Gasteiger partial charge in [-0.1, -0.05) is 73.3 Å². The van der Waals surface area contributed by atoms with Crippen molar-refractivity contribution in [1.29, 1.82) is 0 Å². The van der Waals surface area contributed by atoms with E-state index in [9.17, 15) is 9.90 Å². The molecule has 0 aromatic heterocycles. The fraction of sp³-hybridized carbons (Fsp3) is 0.0952. The molecule has 0 amide bonds. The van der Waals surface area contributed by atoms with Gasteiger partial charge in [0.1, 0.15) is 6.10 Å². The van der Waals surface area contributed by atoms with E-state index in [1.807, 2.05) is 42.5 Å². The Kier molecular flexibility index (Phi) is 4.35. The Balaban J connectivity index is 1.76. The predicted molar refractivity (Wildman–Crippen MR) is 94.4 cm³/mol. The van der Waals surface area contributed by atoms with E-state index in [1.54, 1.807) is 24.3 Å². The molecule has 0 aliphatic rings. The predicted octanol–water partition coefficient (Wildman–Crippen LogP) is 4.49. The molecule has 3 aromatic carbocycles. The van der Waals surface area contributed by atoms with E-state index >= 15 is 0 Å². The Bertz CT molecular complexity index is 850. The normalized spacial score (nSPS) is 12.0. The Morgan fingerprint density at radius 1 is 0.870 bits per heavy atom. The van der Waals surface area contributed by atoms with E-state index in [1.165, 1.54) is 0 Å². The first kappa shape index (κ1) is 15.2. The van der Waals surface area contributed by atoms with Crippen LogP contribution in [0, 0.1) is 0 Å². The quantitative estimate of drug-likeness (QED) is 0.705. The number of fused-ring (bicyclic) bond motifs is 1. The van der Waals surface area contributed by atoms with Crippen LogP contribution < -0.4 is 0 Å². The molecule has 0 spiro atoms. The first-order valence-corrected chi connectivity index (χ1v) is 7.59. The second-order valence-electron chi connectivity index (χ2n) is 5.62. The third kappa shape index (κ3) is 3.38. The van der Waals surface area contributed by atoms with Crippen LogP contribution in [0.4, 0.5) is 0 Å². The van der Waals surface area contributed by atoms with Gasteiger partial charge in [0.2, 0.25) is 0 Å². The zero-order chi connectivity index (χ0) is 16.2. The number of ketones is 1. The topological polar surface area (TPSA) is 37.3 Å². The Morgan fingerprint density at radius 3 is 2.26 bits per heavy atom. The smallest absolute Gasteiger partial charge is 0.191 e. The molecule has 0 heterocycles. The number of aliphatic hydroxyl groups excluding tert-OH is 1. The summed E-state index contributed by atoms with van der Waals surface area (Å²) in [5, 5.41) is 12.5. The van der Waals surface area contributed by atoms with Gasteiger partial charge in [0.15, 0.2) is 5.78 Å². The standard InChI is InChI=1S/C21H18O2/c1-15(13-20(22)21(23)17-8-3-2-4-9-17)18-12-11-16-7-5-6-10-19(16)14-18/h2-12,14,20,22H,1,13H2. The first-order chi connectivity index (χ1) is 11.1. The minimum absolute atomic E-state index is 0.228. The van der Waals surface area contributed by atoms with Gasteiger partial charge in [0.05, 0.1) is 0 Å². The Labute approximate surface area is 135 Å². The minimum atomic E-state index is -1.07. The van der Waals surface area contributed by atoms with E-state index < -0.39 is 6.10 Å². The van der Waals surface area contributed by atoms with Crippen molar-refractivity contribution in [2.45, 2.75) is 12.5 Å². The van der Waals surface area contributed by atoms with Crippen molar-refractivity contribution in [3.63, 3.8) is 0 Å². The number of aliphatic hydroxyl groups is 1. The summed E-state index contributed by atoms with van der Waals surface area (Å²) in [6, 6.07) is 23.0. The Morgan fingerprint density at radius 2 is 1.52 bits per heavy atom. The van der Waals surface area contributed by atoms with Gasteiger partial charge >= 0.3 is 0 Å². The SMILES string of the molecule is C=C(CC(O)C(=O)c1ccccc1)c1ccc2ccccc2c1. The van der Waals surface area contributed by atoms with Crippen molar-refractivity contribution >= 4 is 22.1 Å². The molecule has 23 heavy (non-hydrogen) atoms. The summed E-state index contributed by atoms with van der Waals surface area (Å²) >= 11 is 0. The van der Waals surface area contributed by atoms with E-state index in [0.29, 0.717) is 5.56 Å². The Hall–Kier alpha value is -2.71. The van der Waals surface area contributed by atoms with Crippen LogP contribution in [-0.4, -0.2) is 17.0 Å². The number of hydrogen-bond acceptors (Lipinski definition) is 2. The molecule has 0 aliphatic heterocycles. The molecule has 114 valence electrons. The van der Waals surface area contributed by atoms with Crippen molar-refractivity contribution in [2.75, 3.05) is 0 Å². The maximum absolute atomic E-state index is 12.2. The van der Waals surface area contributed by atoms with E-state index in [0.717, 1.165) is 21.9 Å². The molecule has 1 atom stereocenters. The van der Waals surface area contributed by atoms with Crippen molar-refractivity contribution < 1.29 is 9.90 Å². The average molecular weight is 302 g/mol. The average Bonchev–Trinajstić information content (AvgIpc) is 2.61. The lowest BCUT2D eigenvalue weighted by molar-refractivity contribution is 0.0757. The summed E-state index contributed by atoms with van der Waals surface area (Å²) in [5.74, 6) is -0.271. The van der Waals surface area contributed by atoms with Gasteiger partial charge in [0, 0.05) is 12.0 Å². The highest BCUT2D eigenvalue weighted by atomic mass is 16.3. The lowest BCUT2D eigenvalue weighted by atomic mass is 9.95. The van der Waals surface area contributed by atoms with Crippen molar-refractivity contribution in [2.24, 2.45) is 0 Å².